The van der Waals surface area contributed by atoms with Gasteiger partial charge in [-0.1, -0.05) is 12.2 Å². The second-order valence-electron chi connectivity index (χ2n) is 4.07. The van der Waals surface area contributed by atoms with Crippen LogP contribution in [0.25, 0.3) is 0 Å². The predicted octanol–water partition coefficient (Wildman–Crippen LogP) is 1.79. The average molecular weight is 206 g/mol. The molecule has 0 fully saturated rings. The summed E-state index contributed by atoms with van der Waals surface area (Å²) >= 11 is 0. The minimum Gasteiger partial charge on any atom is -0.468 e. The average Bonchev–Trinajstić information content (AvgIpc) is 2.60. The number of carbonyl (C=O) groups is 2. The standard InChI is InChI=1S/C12H14O3/c1-15-11(14)12-7-2-3-9(12)4-5-10(13)6-8-12/h3-5H,2,6-8H2,1H3. The van der Waals surface area contributed by atoms with Crippen LogP contribution in [0, 0.1) is 5.41 Å². The normalized spacial score (nSPS) is 29.4. The summed E-state index contributed by atoms with van der Waals surface area (Å²) in [6.07, 6.45) is 8.06. The maximum atomic E-state index is 11.8. The number of hydrogen-bond donors (Lipinski definition) is 0. The van der Waals surface area contributed by atoms with Crippen LogP contribution in [-0.4, -0.2) is 18.9 Å². The van der Waals surface area contributed by atoms with Crippen molar-refractivity contribution in [2.75, 3.05) is 7.11 Å². The van der Waals surface area contributed by atoms with E-state index in [1.807, 2.05) is 6.08 Å². The lowest BCUT2D eigenvalue weighted by Crippen LogP contribution is -2.31. The third kappa shape index (κ3) is 1.52. The largest absolute Gasteiger partial charge is 0.468 e. The summed E-state index contributed by atoms with van der Waals surface area (Å²) in [4.78, 5) is 23.1. The van der Waals surface area contributed by atoms with Gasteiger partial charge in [-0.15, -0.1) is 0 Å². The number of ketones is 1. The van der Waals surface area contributed by atoms with Crippen LogP contribution in [0.3, 0.4) is 0 Å². The van der Waals surface area contributed by atoms with Crippen molar-refractivity contribution in [3.63, 3.8) is 0 Å². The van der Waals surface area contributed by atoms with Crippen LogP contribution in [-0.2, 0) is 14.3 Å². The molecule has 1 atom stereocenters. The Morgan fingerprint density at radius 2 is 2.20 bits per heavy atom. The smallest absolute Gasteiger partial charge is 0.316 e. The van der Waals surface area contributed by atoms with Crippen molar-refractivity contribution >= 4 is 11.8 Å². The summed E-state index contributed by atoms with van der Waals surface area (Å²) in [5.74, 6) is -0.112. The molecule has 0 saturated carbocycles. The summed E-state index contributed by atoms with van der Waals surface area (Å²) in [7, 11) is 1.41. The van der Waals surface area contributed by atoms with Gasteiger partial charge in [0.2, 0.25) is 0 Å². The van der Waals surface area contributed by atoms with Crippen molar-refractivity contribution in [3.05, 3.63) is 23.8 Å². The van der Waals surface area contributed by atoms with Gasteiger partial charge in [0, 0.05) is 6.42 Å². The van der Waals surface area contributed by atoms with Crippen LogP contribution in [0.4, 0.5) is 0 Å². The number of ether oxygens (including phenoxy) is 1. The van der Waals surface area contributed by atoms with Crippen molar-refractivity contribution in [2.45, 2.75) is 25.7 Å². The van der Waals surface area contributed by atoms with Gasteiger partial charge >= 0.3 is 5.97 Å². The number of allylic oxidation sites excluding steroid dienone is 3. The second kappa shape index (κ2) is 3.65. The third-order valence-corrected chi connectivity index (χ3v) is 3.31. The van der Waals surface area contributed by atoms with E-state index in [0.717, 1.165) is 18.4 Å². The van der Waals surface area contributed by atoms with E-state index in [4.69, 9.17) is 4.74 Å². The first-order valence-corrected chi connectivity index (χ1v) is 5.19. The summed E-state index contributed by atoms with van der Waals surface area (Å²) in [5.41, 5.74) is 0.414. The van der Waals surface area contributed by atoms with E-state index in [2.05, 4.69) is 0 Å². The van der Waals surface area contributed by atoms with Gasteiger partial charge in [-0.05, 0) is 30.9 Å². The Balaban J connectivity index is 2.38. The lowest BCUT2D eigenvalue weighted by Gasteiger charge is -2.26. The Morgan fingerprint density at radius 1 is 1.40 bits per heavy atom. The SMILES string of the molecule is COC(=O)C12CCC=C1C=CC(=O)CC2. The number of rotatable bonds is 1. The van der Waals surface area contributed by atoms with E-state index in [0.29, 0.717) is 12.8 Å². The maximum absolute atomic E-state index is 11.8. The van der Waals surface area contributed by atoms with Gasteiger partial charge in [-0.3, -0.25) is 9.59 Å². The highest BCUT2D eigenvalue weighted by Gasteiger charge is 2.45. The summed E-state index contributed by atoms with van der Waals surface area (Å²) < 4.78 is 4.86. The second-order valence-corrected chi connectivity index (χ2v) is 4.07. The van der Waals surface area contributed by atoms with E-state index in [9.17, 15) is 9.59 Å². The molecule has 0 aliphatic heterocycles. The number of esters is 1. The van der Waals surface area contributed by atoms with Crippen LogP contribution < -0.4 is 0 Å². The van der Waals surface area contributed by atoms with E-state index in [1.165, 1.54) is 7.11 Å². The molecular weight excluding hydrogens is 192 g/mol. The Morgan fingerprint density at radius 3 is 2.93 bits per heavy atom. The highest BCUT2D eigenvalue weighted by molar-refractivity contribution is 5.93. The van der Waals surface area contributed by atoms with Crippen LogP contribution in [0.1, 0.15) is 25.7 Å². The topological polar surface area (TPSA) is 43.4 Å². The summed E-state index contributed by atoms with van der Waals surface area (Å²) in [6.45, 7) is 0. The minimum absolute atomic E-state index is 0.0913. The van der Waals surface area contributed by atoms with Crippen molar-refractivity contribution in [3.8, 4) is 0 Å². The molecule has 2 aliphatic carbocycles. The summed E-state index contributed by atoms with van der Waals surface area (Å²) in [5, 5.41) is 0. The molecule has 0 radical (unpaired) electrons. The zero-order valence-corrected chi connectivity index (χ0v) is 8.79. The fourth-order valence-electron chi connectivity index (χ4n) is 2.43. The predicted molar refractivity (Wildman–Crippen MR) is 55.1 cm³/mol. The monoisotopic (exact) mass is 206 g/mol. The molecule has 0 saturated heterocycles. The molecule has 1 unspecified atom stereocenters. The lowest BCUT2D eigenvalue weighted by atomic mass is 9.78. The highest BCUT2D eigenvalue weighted by Crippen LogP contribution is 2.45. The van der Waals surface area contributed by atoms with Gasteiger partial charge in [-0.25, -0.2) is 0 Å². The van der Waals surface area contributed by atoms with Crippen molar-refractivity contribution in [1.29, 1.82) is 0 Å². The van der Waals surface area contributed by atoms with Crippen molar-refractivity contribution < 1.29 is 14.3 Å². The van der Waals surface area contributed by atoms with E-state index >= 15 is 0 Å². The fourth-order valence-corrected chi connectivity index (χ4v) is 2.43. The van der Waals surface area contributed by atoms with E-state index in [-0.39, 0.29) is 11.8 Å². The molecule has 0 aromatic rings. The molecule has 0 aromatic heterocycles. The number of methoxy groups -OCH3 is 1. The van der Waals surface area contributed by atoms with Crippen LogP contribution in [0.2, 0.25) is 0 Å². The minimum atomic E-state index is -0.544. The van der Waals surface area contributed by atoms with Gasteiger partial charge in [0.25, 0.3) is 0 Å². The zero-order chi connectivity index (χ0) is 10.9. The lowest BCUT2D eigenvalue weighted by molar-refractivity contribution is -0.150. The number of fused-ring (bicyclic) bond motifs is 1. The fraction of sp³-hybridized carbons (Fsp3) is 0.500. The molecule has 0 spiro atoms. The quantitative estimate of drug-likeness (QED) is 0.614. The van der Waals surface area contributed by atoms with Crippen molar-refractivity contribution in [1.82, 2.24) is 0 Å². The molecule has 0 amide bonds. The molecule has 0 N–H and O–H groups in total. The first kappa shape index (κ1) is 10.1. The molecule has 0 heterocycles. The Kier molecular flexibility index (Phi) is 2.47. The zero-order valence-electron chi connectivity index (χ0n) is 8.79. The van der Waals surface area contributed by atoms with Gasteiger partial charge in [-0.2, -0.15) is 0 Å². The van der Waals surface area contributed by atoms with Gasteiger partial charge in [0.1, 0.15) is 0 Å². The van der Waals surface area contributed by atoms with Crippen LogP contribution >= 0.6 is 0 Å². The molecule has 0 bridgehead atoms. The third-order valence-electron chi connectivity index (χ3n) is 3.31. The molecule has 0 aromatic carbocycles. The molecule has 2 aliphatic rings. The molecule has 3 heteroatoms. The van der Waals surface area contributed by atoms with E-state index < -0.39 is 5.41 Å². The number of hydrogen-bond acceptors (Lipinski definition) is 3. The Labute approximate surface area is 88.8 Å². The van der Waals surface area contributed by atoms with Crippen LogP contribution in [0.15, 0.2) is 23.8 Å². The van der Waals surface area contributed by atoms with Gasteiger partial charge in [0.15, 0.2) is 5.78 Å². The first-order chi connectivity index (χ1) is 7.19. The Hall–Kier alpha value is -1.38. The van der Waals surface area contributed by atoms with Crippen molar-refractivity contribution in [2.24, 2.45) is 5.41 Å². The molecule has 2 rings (SSSR count). The summed E-state index contributed by atoms with van der Waals surface area (Å²) in [6, 6.07) is 0. The molecule has 3 nitrogen and oxygen atoms in total. The molecule has 15 heavy (non-hydrogen) atoms. The maximum Gasteiger partial charge on any atom is 0.316 e. The van der Waals surface area contributed by atoms with Gasteiger partial charge in [0.05, 0.1) is 12.5 Å². The molecular formula is C12H14O3. The van der Waals surface area contributed by atoms with E-state index in [1.54, 1.807) is 12.2 Å². The Bertz CT molecular complexity index is 365. The van der Waals surface area contributed by atoms with Gasteiger partial charge < -0.3 is 4.74 Å². The van der Waals surface area contributed by atoms with Crippen LogP contribution in [0.5, 0.6) is 0 Å². The highest BCUT2D eigenvalue weighted by atomic mass is 16.5. The first-order valence-electron chi connectivity index (χ1n) is 5.19. The number of carbonyl (C=O) groups excluding carboxylic acids is 2. The molecule has 80 valence electrons.